The third kappa shape index (κ3) is 3.77. The predicted molar refractivity (Wildman–Crippen MR) is 185 cm³/mol. The van der Waals surface area contributed by atoms with E-state index in [1.165, 1.54) is 4.90 Å². The summed E-state index contributed by atoms with van der Waals surface area (Å²) in [4.78, 5) is 47.5. The first-order chi connectivity index (χ1) is 23.4. The van der Waals surface area contributed by atoms with E-state index in [1.54, 1.807) is 20.3 Å². The summed E-state index contributed by atoms with van der Waals surface area (Å²) in [5.41, 5.74) is 2.87. The van der Waals surface area contributed by atoms with Crippen LogP contribution in [-0.4, -0.2) is 31.8 Å². The van der Waals surface area contributed by atoms with Gasteiger partial charge in [-0.1, -0.05) is 97.1 Å². The first-order valence-corrected chi connectivity index (χ1v) is 16.0. The summed E-state index contributed by atoms with van der Waals surface area (Å²) in [7, 11) is 3.22. The summed E-state index contributed by atoms with van der Waals surface area (Å²) in [5.74, 6) is -1.54. The first-order valence-electron chi connectivity index (χ1n) is 16.0. The van der Waals surface area contributed by atoms with Crippen molar-refractivity contribution in [1.29, 1.82) is 0 Å². The quantitative estimate of drug-likeness (QED) is 0.178. The van der Waals surface area contributed by atoms with Gasteiger partial charge in [0.25, 0.3) is 0 Å². The molecule has 0 radical (unpaired) electrons. The molecule has 8 rings (SSSR count). The van der Waals surface area contributed by atoms with E-state index in [-0.39, 0.29) is 17.6 Å². The molecule has 1 heterocycles. The van der Waals surface area contributed by atoms with Crippen molar-refractivity contribution in [3.05, 3.63) is 161 Å². The number of imide groups is 1. The van der Waals surface area contributed by atoms with Crippen LogP contribution in [-0.2, 0) is 25.2 Å². The number of ketones is 1. The molecule has 2 bridgehead atoms. The Hall–Kier alpha value is -5.75. The number of ether oxygens (including phenoxy) is 2. The largest absolute Gasteiger partial charge is 0.497 e. The number of carbonyl (C=O) groups is 3. The van der Waals surface area contributed by atoms with Gasteiger partial charge >= 0.3 is 0 Å². The average molecular weight is 632 g/mol. The maximum atomic E-state index is 16.0. The molecule has 48 heavy (non-hydrogen) atoms. The van der Waals surface area contributed by atoms with Crippen molar-refractivity contribution in [2.24, 2.45) is 11.8 Å². The third-order valence-electron chi connectivity index (χ3n) is 10.5. The van der Waals surface area contributed by atoms with Gasteiger partial charge in [-0.2, -0.15) is 0 Å². The maximum absolute atomic E-state index is 16.0. The van der Waals surface area contributed by atoms with E-state index < -0.39 is 22.7 Å². The minimum absolute atomic E-state index is 0.162. The van der Waals surface area contributed by atoms with Crippen LogP contribution in [0.25, 0.3) is 11.1 Å². The minimum Gasteiger partial charge on any atom is -0.497 e. The van der Waals surface area contributed by atoms with Crippen LogP contribution in [0, 0.1) is 18.8 Å². The number of rotatable bonds is 7. The SMILES string of the molecule is COc1ccc(C2=C(c3ccc(OC)cc3)[C@]3(c4ccccc4)C(=O)[C@]2(c2ccccc2)[C@@H]2C(=O)N(c4cccc(C)c4)C(=O)[C@@H]23)cc1. The molecule has 3 aliphatic rings. The molecule has 1 aliphatic heterocycles. The molecule has 0 N–H and O–H groups in total. The second-order valence-corrected chi connectivity index (χ2v) is 12.7. The highest BCUT2D eigenvalue weighted by Gasteiger charge is 2.82. The molecule has 5 aromatic rings. The summed E-state index contributed by atoms with van der Waals surface area (Å²) in [6.45, 7) is 1.94. The summed E-state index contributed by atoms with van der Waals surface area (Å²) in [6, 6.07) is 41.8. The number of carbonyl (C=O) groups excluding carboxylic acids is 3. The van der Waals surface area contributed by atoms with Crippen molar-refractivity contribution in [3.63, 3.8) is 0 Å². The Balaban J connectivity index is 1.55. The number of amides is 2. The molecule has 0 spiro atoms. The number of aryl methyl sites for hydroxylation is 1. The lowest BCUT2D eigenvalue weighted by molar-refractivity contribution is -0.130. The normalized spacial score (nSPS) is 24.3. The van der Waals surface area contributed by atoms with Gasteiger partial charge < -0.3 is 9.47 Å². The Kier molecular flexibility index (Phi) is 6.74. The maximum Gasteiger partial charge on any atom is 0.239 e. The topological polar surface area (TPSA) is 72.9 Å². The van der Waals surface area contributed by atoms with Crippen LogP contribution in [0.4, 0.5) is 5.69 Å². The van der Waals surface area contributed by atoms with Crippen molar-refractivity contribution in [2.75, 3.05) is 19.1 Å². The van der Waals surface area contributed by atoms with Crippen molar-refractivity contribution < 1.29 is 23.9 Å². The molecule has 236 valence electrons. The van der Waals surface area contributed by atoms with E-state index in [4.69, 9.17) is 9.47 Å². The van der Waals surface area contributed by atoms with Crippen LogP contribution in [0.2, 0.25) is 0 Å². The number of hydrogen-bond donors (Lipinski definition) is 0. The molecule has 2 fully saturated rings. The van der Waals surface area contributed by atoms with Crippen LogP contribution in [0.15, 0.2) is 133 Å². The Labute approximate surface area is 279 Å². The summed E-state index contributed by atoms with van der Waals surface area (Å²) in [6.07, 6.45) is 0. The lowest BCUT2D eigenvalue weighted by Gasteiger charge is -2.39. The molecule has 0 aromatic heterocycles. The fraction of sp³-hybridized carbons (Fsp3) is 0.167. The van der Waals surface area contributed by atoms with Crippen molar-refractivity contribution in [2.45, 2.75) is 17.8 Å². The number of methoxy groups -OCH3 is 2. The van der Waals surface area contributed by atoms with E-state index in [1.807, 2.05) is 134 Å². The van der Waals surface area contributed by atoms with Gasteiger partial charge in [-0.3, -0.25) is 14.4 Å². The fourth-order valence-corrected chi connectivity index (χ4v) is 8.66. The monoisotopic (exact) mass is 631 g/mol. The first kappa shape index (κ1) is 29.6. The number of fused-ring (bicyclic) bond motifs is 5. The Morgan fingerprint density at radius 3 is 1.38 bits per heavy atom. The number of benzene rings is 5. The highest BCUT2D eigenvalue weighted by atomic mass is 16.5. The van der Waals surface area contributed by atoms with Gasteiger partial charge in [0.1, 0.15) is 11.5 Å². The van der Waals surface area contributed by atoms with Gasteiger partial charge in [0.15, 0.2) is 5.78 Å². The third-order valence-corrected chi connectivity index (χ3v) is 10.5. The van der Waals surface area contributed by atoms with Crippen molar-refractivity contribution in [3.8, 4) is 11.5 Å². The van der Waals surface area contributed by atoms with Gasteiger partial charge in [-0.15, -0.1) is 0 Å². The van der Waals surface area contributed by atoms with Gasteiger partial charge in [0.2, 0.25) is 11.8 Å². The van der Waals surface area contributed by atoms with Gasteiger partial charge in [0.05, 0.1) is 42.6 Å². The lowest BCUT2D eigenvalue weighted by atomic mass is 9.59. The van der Waals surface area contributed by atoms with Crippen LogP contribution in [0.5, 0.6) is 11.5 Å². The Bertz CT molecular complexity index is 1990. The molecule has 6 nitrogen and oxygen atoms in total. The van der Waals surface area contributed by atoms with Gasteiger partial charge in [-0.05, 0) is 82.3 Å². The number of allylic oxidation sites excluding steroid dienone is 2. The minimum atomic E-state index is -1.48. The summed E-state index contributed by atoms with van der Waals surface area (Å²) < 4.78 is 11.0. The molecule has 1 saturated heterocycles. The zero-order valence-corrected chi connectivity index (χ0v) is 26.8. The van der Waals surface area contributed by atoms with E-state index >= 15 is 14.4 Å². The molecule has 2 aliphatic carbocycles. The standard InChI is InChI=1S/C42H33NO5/c1-26-11-10-16-31(25-26)43-38(44)36-37(39(43)45)42(30-14-8-5-9-15-30)35(28-19-23-33(48-3)24-20-28)34(27-17-21-32(47-2)22-18-27)41(36,40(42)46)29-12-6-4-7-13-29/h4-25,36-37H,1-3H3/t36-,37+,41-,42-/m0/s1. The second-order valence-electron chi connectivity index (χ2n) is 12.7. The fourth-order valence-electron chi connectivity index (χ4n) is 8.66. The zero-order valence-electron chi connectivity index (χ0n) is 26.8. The number of hydrogen-bond acceptors (Lipinski definition) is 5. The average Bonchev–Trinajstić information content (AvgIpc) is 3.64. The molecule has 4 atom stereocenters. The van der Waals surface area contributed by atoms with Crippen molar-refractivity contribution >= 4 is 34.4 Å². The van der Waals surface area contributed by atoms with Crippen LogP contribution in [0.3, 0.4) is 0 Å². The molecule has 0 unspecified atom stereocenters. The molecule has 5 aromatic carbocycles. The highest BCUT2D eigenvalue weighted by Crippen LogP contribution is 2.74. The van der Waals surface area contributed by atoms with Crippen LogP contribution < -0.4 is 14.4 Å². The molecular formula is C42H33NO5. The van der Waals surface area contributed by atoms with E-state index in [2.05, 4.69) is 0 Å². The molecular weight excluding hydrogens is 598 g/mol. The predicted octanol–water partition coefficient (Wildman–Crippen LogP) is 7.20. The summed E-state index contributed by atoms with van der Waals surface area (Å²) >= 11 is 0. The second kappa shape index (κ2) is 10.9. The smallest absolute Gasteiger partial charge is 0.239 e. The summed E-state index contributed by atoms with van der Waals surface area (Å²) in [5, 5.41) is 0. The Morgan fingerprint density at radius 2 is 0.979 bits per heavy atom. The van der Waals surface area contributed by atoms with Gasteiger partial charge in [-0.25, -0.2) is 4.90 Å². The molecule has 6 heteroatoms. The van der Waals surface area contributed by atoms with E-state index in [0.29, 0.717) is 28.3 Å². The van der Waals surface area contributed by atoms with Crippen LogP contribution >= 0.6 is 0 Å². The number of anilines is 1. The molecule has 1 saturated carbocycles. The van der Waals surface area contributed by atoms with Gasteiger partial charge in [0, 0.05) is 0 Å². The highest BCUT2D eigenvalue weighted by molar-refractivity contribution is 6.39. The lowest BCUT2D eigenvalue weighted by Crippen LogP contribution is -2.45. The van der Waals surface area contributed by atoms with E-state index in [9.17, 15) is 0 Å². The van der Waals surface area contributed by atoms with E-state index in [0.717, 1.165) is 27.8 Å². The number of Topliss-reactive ketones (excluding diaryl/α,β-unsaturated/α-hetero) is 1. The molecule has 2 amide bonds. The zero-order chi connectivity index (χ0) is 33.2. The number of nitrogens with zero attached hydrogens (tertiary/aromatic N) is 1. The Morgan fingerprint density at radius 1 is 0.542 bits per heavy atom. The van der Waals surface area contributed by atoms with Crippen molar-refractivity contribution in [1.82, 2.24) is 0 Å². The van der Waals surface area contributed by atoms with Crippen LogP contribution in [0.1, 0.15) is 27.8 Å².